The van der Waals surface area contributed by atoms with E-state index in [9.17, 15) is 19.5 Å². The number of pyridine rings is 2. The number of amides is 1. The molecule has 0 saturated heterocycles. The van der Waals surface area contributed by atoms with E-state index in [1.54, 1.807) is 23.6 Å². The Labute approximate surface area is 171 Å². The minimum atomic E-state index is -1.86. The molecule has 0 bridgehead atoms. The van der Waals surface area contributed by atoms with Gasteiger partial charge in [0.05, 0.1) is 34.7 Å². The number of fused-ring (bicyclic) bond motifs is 5. The smallest absolute Gasteiger partial charge is 0.343 e. The van der Waals surface area contributed by atoms with Gasteiger partial charge >= 0.3 is 5.97 Å². The molecule has 1 aromatic carbocycles. The fourth-order valence-corrected chi connectivity index (χ4v) is 4.30. The minimum absolute atomic E-state index is 0.0897. The van der Waals surface area contributed by atoms with Crippen LogP contribution >= 0.6 is 0 Å². The summed E-state index contributed by atoms with van der Waals surface area (Å²) in [6, 6.07) is 9.12. The number of carbonyl (C=O) groups excluding carboxylic acids is 2. The average molecular weight is 405 g/mol. The van der Waals surface area contributed by atoms with Gasteiger partial charge in [0.15, 0.2) is 5.60 Å². The lowest BCUT2D eigenvalue weighted by Crippen LogP contribution is -2.44. The zero-order chi connectivity index (χ0) is 21.2. The summed E-state index contributed by atoms with van der Waals surface area (Å²) >= 11 is 0. The van der Waals surface area contributed by atoms with Crippen molar-refractivity contribution in [3.8, 4) is 11.4 Å². The summed E-state index contributed by atoms with van der Waals surface area (Å²) < 4.78 is 6.67. The van der Waals surface area contributed by atoms with E-state index < -0.39 is 11.6 Å². The predicted octanol–water partition coefficient (Wildman–Crippen LogP) is 2.04. The first-order valence-corrected chi connectivity index (χ1v) is 9.71. The van der Waals surface area contributed by atoms with E-state index in [4.69, 9.17) is 9.72 Å². The van der Waals surface area contributed by atoms with Gasteiger partial charge in [0, 0.05) is 23.4 Å². The van der Waals surface area contributed by atoms with Crippen molar-refractivity contribution >= 4 is 28.5 Å². The van der Waals surface area contributed by atoms with Crippen LogP contribution in [0.2, 0.25) is 0 Å². The lowest BCUT2D eigenvalue weighted by Gasteiger charge is -2.31. The summed E-state index contributed by atoms with van der Waals surface area (Å²) in [7, 11) is 0. The van der Waals surface area contributed by atoms with Crippen molar-refractivity contribution in [2.24, 2.45) is 0 Å². The van der Waals surface area contributed by atoms with Crippen LogP contribution in [0.3, 0.4) is 0 Å². The summed E-state index contributed by atoms with van der Waals surface area (Å²) in [5.41, 5.74) is 1.59. The third-order valence-corrected chi connectivity index (χ3v) is 5.85. The molecule has 4 heterocycles. The number of benzene rings is 1. The van der Waals surface area contributed by atoms with Gasteiger partial charge in [-0.1, -0.05) is 19.1 Å². The van der Waals surface area contributed by atoms with Crippen molar-refractivity contribution in [1.29, 1.82) is 0 Å². The Morgan fingerprint density at radius 2 is 2.13 bits per heavy atom. The van der Waals surface area contributed by atoms with Gasteiger partial charge in [-0.3, -0.25) is 9.59 Å². The molecule has 2 aliphatic heterocycles. The average Bonchev–Trinajstić information content (AvgIpc) is 3.08. The molecule has 8 nitrogen and oxygen atoms in total. The van der Waals surface area contributed by atoms with Gasteiger partial charge in [-0.05, 0) is 24.6 Å². The SMILES string of the molecule is CCC1(O)C(=O)OCc2c1cc1n(c2=O)Cc2cc3cccc(NC(C)=O)c3nc2-1. The van der Waals surface area contributed by atoms with Crippen LogP contribution in [0.15, 0.2) is 35.1 Å². The first-order chi connectivity index (χ1) is 14.3. The highest BCUT2D eigenvalue weighted by molar-refractivity contribution is 6.00. The molecule has 5 rings (SSSR count). The van der Waals surface area contributed by atoms with Gasteiger partial charge < -0.3 is 19.7 Å². The van der Waals surface area contributed by atoms with Crippen LogP contribution in [0, 0.1) is 0 Å². The number of hydrogen-bond acceptors (Lipinski definition) is 6. The molecule has 0 fully saturated rings. The van der Waals surface area contributed by atoms with Gasteiger partial charge in [0.2, 0.25) is 5.91 Å². The summed E-state index contributed by atoms with van der Waals surface area (Å²) in [6.07, 6.45) is 0.0897. The van der Waals surface area contributed by atoms with Crippen molar-refractivity contribution in [3.63, 3.8) is 0 Å². The van der Waals surface area contributed by atoms with Crippen LogP contribution < -0.4 is 10.9 Å². The quantitative estimate of drug-likeness (QED) is 0.494. The fraction of sp³-hybridized carbons (Fsp3) is 0.273. The van der Waals surface area contributed by atoms with Crippen molar-refractivity contribution in [2.75, 3.05) is 5.32 Å². The number of aromatic nitrogens is 2. The number of esters is 1. The van der Waals surface area contributed by atoms with Crippen molar-refractivity contribution in [1.82, 2.24) is 9.55 Å². The number of aliphatic hydroxyl groups is 1. The van der Waals surface area contributed by atoms with Crippen molar-refractivity contribution < 1.29 is 19.4 Å². The Morgan fingerprint density at radius 3 is 2.87 bits per heavy atom. The predicted molar refractivity (Wildman–Crippen MR) is 109 cm³/mol. The molecule has 1 amide bonds. The van der Waals surface area contributed by atoms with E-state index in [0.717, 1.165) is 10.9 Å². The summed E-state index contributed by atoms with van der Waals surface area (Å²) in [6.45, 7) is 3.27. The molecule has 30 heavy (non-hydrogen) atoms. The maximum atomic E-state index is 13.2. The van der Waals surface area contributed by atoms with Gasteiger partial charge in [-0.2, -0.15) is 0 Å². The van der Waals surface area contributed by atoms with Crippen LogP contribution in [-0.4, -0.2) is 26.5 Å². The molecule has 2 aliphatic rings. The van der Waals surface area contributed by atoms with Gasteiger partial charge in [-0.15, -0.1) is 0 Å². The highest BCUT2D eigenvalue weighted by Gasteiger charge is 2.45. The number of nitrogens with zero attached hydrogens (tertiary/aromatic N) is 2. The molecule has 0 radical (unpaired) electrons. The number of para-hydroxylation sites is 1. The molecule has 2 aromatic heterocycles. The van der Waals surface area contributed by atoms with E-state index in [1.165, 1.54) is 6.92 Å². The highest BCUT2D eigenvalue weighted by atomic mass is 16.6. The van der Waals surface area contributed by atoms with Gasteiger partial charge in [0.1, 0.15) is 6.61 Å². The summed E-state index contributed by atoms with van der Waals surface area (Å²) in [5, 5.41) is 14.6. The van der Waals surface area contributed by atoms with Crippen LogP contribution in [0.1, 0.15) is 37.0 Å². The number of nitrogens with one attached hydrogen (secondary N) is 1. The van der Waals surface area contributed by atoms with Crippen LogP contribution in [0.4, 0.5) is 5.69 Å². The zero-order valence-corrected chi connectivity index (χ0v) is 16.5. The number of rotatable bonds is 2. The monoisotopic (exact) mass is 405 g/mol. The van der Waals surface area contributed by atoms with Crippen molar-refractivity contribution in [3.05, 3.63) is 57.4 Å². The van der Waals surface area contributed by atoms with Crippen LogP contribution in [0.5, 0.6) is 0 Å². The van der Waals surface area contributed by atoms with Crippen LogP contribution in [-0.2, 0) is 33.1 Å². The second-order valence-corrected chi connectivity index (χ2v) is 7.66. The molecule has 1 unspecified atom stereocenters. The number of anilines is 1. The molecule has 1 atom stereocenters. The molecule has 0 saturated carbocycles. The number of hydrogen-bond donors (Lipinski definition) is 2. The molecule has 152 valence electrons. The standard InChI is InChI=1S/C22H19N3O5/c1-3-22(29)15-8-17-19-13(9-25(17)20(27)14(15)10-30-21(22)28)7-12-5-4-6-16(18(12)24-19)23-11(2)26/h4-8,29H,3,9-10H2,1-2H3,(H,23,26). The molecular weight excluding hydrogens is 386 g/mol. The summed E-state index contributed by atoms with van der Waals surface area (Å²) in [4.78, 5) is 41.8. The Kier molecular flexibility index (Phi) is 3.85. The Morgan fingerprint density at radius 1 is 1.33 bits per heavy atom. The second kappa shape index (κ2) is 6.24. The largest absolute Gasteiger partial charge is 0.458 e. The second-order valence-electron chi connectivity index (χ2n) is 7.66. The van der Waals surface area contributed by atoms with Gasteiger partial charge in [-0.25, -0.2) is 9.78 Å². The molecule has 2 N–H and O–H groups in total. The van der Waals surface area contributed by atoms with E-state index in [1.807, 2.05) is 18.2 Å². The summed E-state index contributed by atoms with van der Waals surface area (Å²) in [5.74, 6) is -0.957. The number of carbonyl (C=O) groups is 2. The lowest BCUT2D eigenvalue weighted by atomic mass is 9.86. The first kappa shape index (κ1) is 18.5. The molecule has 8 heteroatoms. The number of ether oxygens (including phenoxy) is 1. The normalized spacial score (nSPS) is 19.1. The van der Waals surface area contributed by atoms with E-state index >= 15 is 0 Å². The topological polar surface area (TPSA) is 111 Å². The maximum Gasteiger partial charge on any atom is 0.343 e. The minimum Gasteiger partial charge on any atom is -0.458 e. The highest BCUT2D eigenvalue weighted by Crippen LogP contribution is 2.39. The molecule has 3 aromatic rings. The fourth-order valence-electron chi connectivity index (χ4n) is 4.30. The molecular formula is C22H19N3O5. The van der Waals surface area contributed by atoms with E-state index in [-0.39, 0.29) is 30.1 Å². The Hall–Kier alpha value is -3.52. The Bertz CT molecular complexity index is 1330. The van der Waals surface area contributed by atoms with Gasteiger partial charge in [0.25, 0.3) is 5.56 Å². The molecule has 0 aliphatic carbocycles. The van der Waals surface area contributed by atoms with Crippen LogP contribution in [0.25, 0.3) is 22.3 Å². The maximum absolute atomic E-state index is 13.2. The first-order valence-electron chi connectivity index (χ1n) is 9.71. The third kappa shape index (κ3) is 2.43. The molecule has 0 spiro atoms. The zero-order valence-electron chi connectivity index (χ0n) is 16.5. The lowest BCUT2D eigenvalue weighted by molar-refractivity contribution is -0.172. The number of cyclic esters (lactones) is 1. The van der Waals surface area contributed by atoms with E-state index in [0.29, 0.717) is 34.7 Å². The Balaban J connectivity index is 1.77. The van der Waals surface area contributed by atoms with Crippen molar-refractivity contribution in [2.45, 2.75) is 39.0 Å². The third-order valence-electron chi connectivity index (χ3n) is 5.85. The van der Waals surface area contributed by atoms with E-state index in [2.05, 4.69) is 5.32 Å².